The summed E-state index contributed by atoms with van der Waals surface area (Å²) in [5, 5.41) is 0. The Morgan fingerprint density at radius 2 is 1.86 bits per heavy atom. The van der Waals surface area contributed by atoms with Crippen LogP contribution in [0.2, 0.25) is 0 Å². The van der Waals surface area contributed by atoms with Gasteiger partial charge in [0.2, 0.25) is 0 Å². The summed E-state index contributed by atoms with van der Waals surface area (Å²) in [6.45, 7) is 5.28. The van der Waals surface area contributed by atoms with Gasteiger partial charge in [-0.05, 0) is 49.7 Å². The van der Waals surface area contributed by atoms with Crippen molar-refractivity contribution in [3.05, 3.63) is 52.0 Å². The lowest BCUT2D eigenvalue weighted by molar-refractivity contribution is -0.133. The molecule has 0 radical (unpaired) electrons. The second-order valence-electron chi connectivity index (χ2n) is 6.37. The quantitative estimate of drug-likeness (QED) is 0.603. The molecule has 0 N–H and O–H groups in total. The maximum atomic E-state index is 12.6. The zero-order chi connectivity index (χ0) is 20.1. The van der Waals surface area contributed by atoms with E-state index < -0.39 is 0 Å². The van der Waals surface area contributed by atoms with Gasteiger partial charge in [0.05, 0.1) is 5.56 Å². The summed E-state index contributed by atoms with van der Waals surface area (Å²) in [6.07, 6.45) is 0. The minimum atomic E-state index is -0.158. The number of fused-ring (bicyclic) bond motifs is 1. The summed E-state index contributed by atoms with van der Waals surface area (Å²) in [6, 6.07) is 10.8. The number of benzene rings is 2. The van der Waals surface area contributed by atoms with E-state index in [0.29, 0.717) is 43.4 Å². The third-order valence-electron chi connectivity index (χ3n) is 4.39. The van der Waals surface area contributed by atoms with Crippen LogP contribution in [-0.2, 0) is 11.3 Å². The number of likely N-dealkylation sites (N-methyl/N-ethyl adjacent to an activating group) is 1. The van der Waals surface area contributed by atoms with E-state index in [9.17, 15) is 9.59 Å². The van der Waals surface area contributed by atoms with Gasteiger partial charge in [-0.2, -0.15) is 0 Å². The first-order valence-corrected chi connectivity index (χ1v) is 9.86. The molecule has 0 saturated heterocycles. The number of Topliss-reactive ketones (excluding diaryl/α,β-unsaturated/α-hetero) is 1. The molecule has 3 rings (SSSR count). The van der Waals surface area contributed by atoms with Crippen LogP contribution in [0.3, 0.4) is 0 Å². The van der Waals surface area contributed by atoms with Crippen LogP contribution in [0.25, 0.3) is 0 Å². The third-order valence-corrected chi connectivity index (χ3v) is 4.88. The Balaban J connectivity index is 1.65. The Hall–Kier alpha value is -2.54. The molecule has 0 aliphatic carbocycles. The first kappa shape index (κ1) is 20.2. The van der Waals surface area contributed by atoms with Crippen LogP contribution in [0.4, 0.5) is 0 Å². The fraction of sp³-hybridized carbons (Fsp3) is 0.333. The standard InChI is InChI=1S/C21H22BrNO5/c1-3-23(12-15-4-6-19-20(10-15)27-9-8-26-19)21(25)13-28-18-7-5-16(22)11-17(18)14(2)24/h4-7,10-11H,3,8-9,12-13H2,1-2H3. The molecule has 2 aromatic rings. The van der Waals surface area contributed by atoms with Gasteiger partial charge in [0, 0.05) is 17.6 Å². The molecule has 0 saturated carbocycles. The Morgan fingerprint density at radius 1 is 1.11 bits per heavy atom. The van der Waals surface area contributed by atoms with Crippen LogP contribution in [-0.4, -0.2) is 43.0 Å². The van der Waals surface area contributed by atoms with Crippen LogP contribution in [0.5, 0.6) is 17.2 Å². The number of rotatable bonds is 7. The van der Waals surface area contributed by atoms with E-state index in [1.807, 2.05) is 25.1 Å². The molecule has 1 aliphatic rings. The van der Waals surface area contributed by atoms with Crippen molar-refractivity contribution in [2.24, 2.45) is 0 Å². The van der Waals surface area contributed by atoms with Crippen LogP contribution >= 0.6 is 15.9 Å². The van der Waals surface area contributed by atoms with E-state index in [1.165, 1.54) is 6.92 Å². The molecule has 0 fully saturated rings. The number of carbonyl (C=O) groups is 2. The number of halogens is 1. The minimum Gasteiger partial charge on any atom is -0.486 e. The van der Waals surface area contributed by atoms with Crippen LogP contribution in [0.15, 0.2) is 40.9 Å². The highest BCUT2D eigenvalue weighted by molar-refractivity contribution is 9.10. The largest absolute Gasteiger partial charge is 0.486 e. The van der Waals surface area contributed by atoms with Crippen molar-refractivity contribution in [3.8, 4) is 17.2 Å². The molecule has 6 nitrogen and oxygen atoms in total. The van der Waals surface area contributed by atoms with Crippen molar-refractivity contribution in [2.45, 2.75) is 20.4 Å². The van der Waals surface area contributed by atoms with Crippen molar-refractivity contribution in [1.82, 2.24) is 4.90 Å². The molecule has 2 aromatic carbocycles. The normalized spacial score (nSPS) is 12.4. The molecular weight excluding hydrogens is 426 g/mol. The highest BCUT2D eigenvalue weighted by atomic mass is 79.9. The number of ether oxygens (including phenoxy) is 3. The summed E-state index contributed by atoms with van der Waals surface area (Å²) in [4.78, 5) is 26.1. The van der Waals surface area contributed by atoms with Crippen molar-refractivity contribution >= 4 is 27.6 Å². The predicted octanol–water partition coefficient (Wildman–Crippen LogP) is 3.85. The smallest absolute Gasteiger partial charge is 0.260 e. The summed E-state index contributed by atoms with van der Waals surface area (Å²) in [5.74, 6) is 1.55. The number of nitrogens with zero attached hydrogens (tertiary/aromatic N) is 1. The van der Waals surface area contributed by atoms with E-state index in [1.54, 1.807) is 23.1 Å². The number of carbonyl (C=O) groups excluding carboxylic acids is 2. The van der Waals surface area contributed by atoms with Gasteiger partial charge in [-0.15, -0.1) is 0 Å². The predicted molar refractivity (Wildman–Crippen MR) is 108 cm³/mol. The summed E-state index contributed by atoms with van der Waals surface area (Å²) in [7, 11) is 0. The molecule has 0 unspecified atom stereocenters. The second kappa shape index (κ2) is 9.10. The van der Waals surface area contributed by atoms with Crippen LogP contribution < -0.4 is 14.2 Å². The first-order chi connectivity index (χ1) is 13.5. The molecule has 1 aliphatic heterocycles. The molecule has 1 amide bonds. The van der Waals surface area contributed by atoms with Gasteiger partial charge >= 0.3 is 0 Å². The van der Waals surface area contributed by atoms with E-state index in [-0.39, 0.29) is 18.3 Å². The lowest BCUT2D eigenvalue weighted by Crippen LogP contribution is -2.34. The number of amides is 1. The van der Waals surface area contributed by atoms with Gasteiger partial charge in [0.15, 0.2) is 23.9 Å². The van der Waals surface area contributed by atoms with E-state index >= 15 is 0 Å². The van der Waals surface area contributed by atoms with Crippen molar-refractivity contribution in [2.75, 3.05) is 26.4 Å². The summed E-state index contributed by atoms with van der Waals surface area (Å²) in [5.41, 5.74) is 1.39. The Morgan fingerprint density at radius 3 is 2.57 bits per heavy atom. The van der Waals surface area contributed by atoms with Gasteiger partial charge in [-0.3, -0.25) is 9.59 Å². The van der Waals surface area contributed by atoms with E-state index in [0.717, 1.165) is 15.8 Å². The lowest BCUT2D eigenvalue weighted by atomic mass is 10.1. The molecule has 0 spiro atoms. The second-order valence-corrected chi connectivity index (χ2v) is 7.29. The molecule has 148 valence electrons. The van der Waals surface area contributed by atoms with Gasteiger partial charge < -0.3 is 19.1 Å². The lowest BCUT2D eigenvalue weighted by Gasteiger charge is -2.23. The van der Waals surface area contributed by atoms with Crippen molar-refractivity contribution < 1.29 is 23.8 Å². The highest BCUT2D eigenvalue weighted by Gasteiger charge is 2.17. The average Bonchev–Trinajstić information content (AvgIpc) is 2.70. The zero-order valence-electron chi connectivity index (χ0n) is 15.9. The minimum absolute atomic E-state index is 0.118. The topological polar surface area (TPSA) is 65.1 Å². The van der Waals surface area contributed by atoms with Crippen LogP contribution in [0, 0.1) is 0 Å². The molecule has 0 atom stereocenters. The molecule has 0 aromatic heterocycles. The molecule has 0 bridgehead atoms. The summed E-state index contributed by atoms with van der Waals surface area (Å²) >= 11 is 3.34. The van der Waals surface area contributed by atoms with Gasteiger partial charge in [-0.1, -0.05) is 22.0 Å². The van der Waals surface area contributed by atoms with Crippen molar-refractivity contribution in [1.29, 1.82) is 0 Å². The Bertz CT molecular complexity index is 883. The molecular formula is C21H22BrNO5. The SMILES string of the molecule is CCN(Cc1ccc2c(c1)OCCO2)C(=O)COc1ccc(Br)cc1C(C)=O. The maximum Gasteiger partial charge on any atom is 0.260 e. The van der Waals surface area contributed by atoms with E-state index in [4.69, 9.17) is 14.2 Å². The zero-order valence-corrected chi connectivity index (χ0v) is 17.5. The number of hydrogen-bond acceptors (Lipinski definition) is 5. The molecule has 1 heterocycles. The maximum absolute atomic E-state index is 12.6. The summed E-state index contributed by atoms with van der Waals surface area (Å²) < 4.78 is 17.6. The highest BCUT2D eigenvalue weighted by Crippen LogP contribution is 2.31. The number of ketones is 1. The Kier molecular flexibility index (Phi) is 6.57. The fourth-order valence-corrected chi connectivity index (χ4v) is 3.28. The number of hydrogen-bond donors (Lipinski definition) is 0. The monoisotopic (exact) mass is 447 g/mol. The van der Waals surface area contributed by atoms with E-state index in [2.05, 4.69) is 15.9 Å². The Labute approximate surface area is 172 Å². The molecule has 28 heavy (non-hydrogen) atoms. The average molecular weight is 448 g/mol. The molecule has 7 heteroatoms. The van der Waals surface area contributed by atoms with Gasteiger partial charge in [-0.25, -0.2) is 0 Å². The fourth-order valence-electron chi connectivity index (χ4n) is 2.92. The first-order valence-electron chi connectivity index (χ1n) is 9.07. The third kappa shape index (κ3) is 4.84. The van der Waals surface area contributed by atoms with Gasteiger partial charge in [0.25, 0.3) is 5.91 Å². The van der Waals surface area contributed by atoms with Gasteiger partial charge in [0.1, 0.15) is 19.0 Å². The van der Waals surface area contributed by atoms with Crippen LogP contribution in [0.1, 0.15) is 29.8 Å². The van der Waals surface area contributed by atoms with Crippen molar-refractivity contribution in [3.63, 3.8) is 0 Å².